The van der Waals surface area contributed by atoms with Gasteiger partial charge in [-0.2, -0.15) is 0 Å². The van der Waals surface area contributed by atoms with E-state index < -0.39 is 23.4 Å². The van der Waals surface area contributed by atoms with Crippen molar-refractivity contribution in [1.29, 1.82) is 0 Å². The Morgan fingerprint density at radius 3 is 2.55 bits per heavy atom. The SMILES string of the molecule is Cc1oc2c(c1C(=O)O)C(=O)c1ccc(F)cc1C2=O. The molecule has 1 aromatic carbocycles. The minimum Gasteiger partial charge on any atom is -0.478 e. The van der Waals surface area contributed by atoms with Crippen LogP contribution < -0.4 is 0 Å². The summed E-state index contributed by atoms with van der Waals surface area (Å²) in [4.78, 5) is 35.7. The van der Waals surface area contributed by atoms with Gasteiger partial charge in [-0.3, -0.25) is 9.59 Å². The Bertz CT molecular complexity index is 800. The number of hydrogen-bond acceptors (Lipinski definition) is 4. The number of fused-ring (bicyclic) bond motifs is 2. The predicted octanol–water partition coefficient (Wildman–Crippen LogP) is 2.20. The highest BCUT2D eigenvalue weighted by Crippen LogP contribution is 2.33. The quantitative estimate of drug-likeness (QED) is 0.735. The van der Waals surface area contributed by atoms with Gasteiger partial charge in [-0.1, -0.05) is 0 Å². The molecule has 0 fully saturated rings. The van der Waals surface area contributed by atoms with Crippen LogP contribution in [0.25, 0.3) is 0 Å². The summed E-state index contributed by atoms with van der Waals surface area (Å²) in [7, 11) is 0. The summed E-state index contributed by atoms with van der Waals surface area (Å²) in [6.45, 7) is 1.35. The van der Waals surface area contributed by atoms with E-state index >= 15 is 0 Å². The lowest BCUT2D eigenvalue weighted by atomic mass is 9.86. The Hall–Kier alpha value is -2.76. The summed E-state index contributed by atoms with van der Waals surface area (Å²) in [5, 5.41) is 9.12. The van der Waals surface area contributed by atoms with Gasteiger partial charge >= 0.3 is 5.97 Å². The van der Waals surface area contributed by atoms with E-state index in [0.29, 0.717) is 0 Å². The van der Waals surface area contributed by atoms with Crippen molar-refractivity contribution in [2.24, 2.45) is 0 Å². The molecule has 1 aromatic heterocycles. The van der Waals surface area contributed by atoms with E-state index in [1.54, 1.807) is 0 Å². The van der Waals surface area contributed by atoms with E-state index in [4.69, 9.17) is 9.52 Å². The third kappa shape index (κ3) is 1.45. The fourth-order valence-corrected chi connectivity index (χ4v) is 2.34. The van der Waals surface area contributed by atoms with Crippen LogP contribution >= 0.6 is 0 Å². The first kappa shape index (κ1) is 12.3. The normalized spacial score (nSPS) is 13.1. The number of hydrogen-bond donors (Lipinski definition) is 1. The average Bonchev–Trinajstić information content (AvgIpc) is 2.73. The molecule has 3 rings (SSSR count). The second-order valence-corrected chi connectivity index (χ2v) is 4.39. The lowest BCUT2D eigenvalue weighted by molar-refractivity contribution is 0.0691. The number of ketones is 2. The lowest BCUT2D eigenvalue weighted by Crippen LogP contribution is -2.21. The van der Waals surface area contributed by atoms with Crippen LogP contribution in [0.5, 0.6) is 0 Å². The van der Waals surface area contributed by atoms with E-state index in [1.165, 1.54) is 13.0 Å². The molecule has 2 aromatic rings. The molecule has 0 amide bonds. The van der Waals surface area contributed by atoms with Crippen molar-refractivity contribution in [3.63, 3.8) is 0 Å². The molecule has 20 heavy (non-hydrogen) atoms. The molecule has 0 saturated carbocycles. The zero-order valence-corrected chi connectivity index (χ0v) is 10.2. The van der Waals surface area contributed by atoms with Crippen LogP contribution in [0.3, 0.4) is 0 Å². The largest absolute Gasteiger partial charge is 0.478 e. The Labute approximate surface area is 111 Å². The molecule has 5 nitrogen and oxygen atoms in total. The van der Waals surface area contributed by atoms with Crippen molar-refractivity contribution >= 4 is 17.5 Å². The first-order valence-electron chi connectivity index (χ1n) is 5.67. The van der Waals surface area contributed by atoms with E-state index in [2.05, 4.69) is 0 Å². The molecule has 0 bridgehead atoms. The topological polar surface area (TPSA) is 84.6 Å². The number of rotatable bonds is 1. The van der Waals surface area contributed by atoms with Crippen molar-refractivity contribution < 1.29 is 28.3 Å². The van der Waals surface area contributed by atoms with Crippen molar-refractivity contribution in [3.05, 3.63) is 57.8 Å². The molecular formula is C14H7FO5. The number of aromatic carboxylic acids is 1. The molecule has 0 radical (unpaired) electrons. The number of halogens is 1. The Morgan fingerprint density at radius 2 is 1.90 bits per heavy atom. The minimum atomic E-state index is -1.35. The second kappa shape index (κ2) is 3.86. The maximum Gasteiger partial charge on any atom is 0.340 e. The zero-order chi connectivity index (χ0) is 14.6. The summed E-state index contributed by atoms with van der Waals surface area (Å²) in [5.74, 6) is -3.72. The number of carbonyl (C=O) groups is 3. The van der Waals surface area contributed by atoms with E-state index in [0.717, 1.165) is 12.1 Å². The smallest absolute Gasteiger partial charge is 0.340 e. The molecular weight excluding hydrogens is 267 g/mol. The van der Waals surface area contributed by atoms with Crippen LogP contribution in [0.15, 0.2) is 22.6 Å². The number of carboxylic acids is 1. The first-order chi connectivity index (χ1) is 9.41. The third-order valence-electron chi connectivity index (χ3n) is 3.20. The highest BCUT2D eigenvalue weighted by atomic mass is 19.1. The average molecular weight is 274 g/mol. The highest BCUT2D eigenvalue weighted by molar-refractivity contribution is 6.29. The first-order valence-corrected chi connectivity index (χ1v) is 5.67. The van der Waals surface area contributed by atoms with Crippen molar-refractivity contribution in [2.75, 3.05) is 0 Å². The van der Waals surface area contributed by atoms with Gasteiger partial charge in [-0.25, -0.2) is 9.18 Å². The third-order valence-corrected chi connectivity index (χ3v) is 3.20. The van der Waals surface area contributed by atoms with Crippen molar-refractivity contribution in [3.8, 4) is 0 Å². The van der Waals surface area contributed by atoms with Crippen molar-refractivity contribution in [2.45, 2.75) is 6.92 Å². The summed E-state index contributed by atoms with van der Waals surface area (Å²) in [6, 6.07) is 3.15. The summed E-state index contributed by atoms with van der Waals surface area (Å²) < 4.78 is 18.3. The molecule has 1 aliphatic rings. The van der Waals surface area contributed by atoms with E-state index in [-0.39, 0.29) is 33.8 Å². The molecule has 6 heteroatoms. The van der Waals surface area contributed by atoms with Crippen LogP contribution in [0.1, 0.15) is 48.2 Å². The van der Waals surface area contributed by atoms with Crippen LogP contribution in [-0.2, 0) is 0 Å². The van der Waals surface area contributed by atoms with Gasteiger partial charge in [0.05, 0.1) is 5.56 Å². The number of carbonyl (C=O) groups excluding carboxylic acids is 2. The maximum atomic E-state index is 13.2. The molecule has 0 saturated heterocycles. The van der Waals surface area contributed by atoms with E-state index in [1.807, 2.05) is 0 Å². The monoisotopic (exact) mass is 274 g/mol. The molecule has 0 aliphatic heterocycles. The van der Waals surface area contributed by atoms with Gasteiger partial charge in [-0.15, -0.1) is 0 Å². The zero-order valence-electron chi connectivity index (χ0n) is 10.2. The molecule has 1 heterocycles. The highest BCUT2D eigenvalue weighted by Gasteiger charge is 2.38. The Balaban J connectivity index is 2.35. The van der Waals surface area contributed by atoms with Gasteiger partial charge in [-0.05, 0) is 25.1 Å². The fourth-order valence-electron chi connectivity index (χ4n) is 2.34. The van der Waals surface area contributed by atoms with Gasteiger partial charge in [0, 0.05) is 11.1 Å². The molecule has 1 aliphatic carbocycles. The Kier molecular flexibility index (Phi) is 2.37. The Morgan fingerprint density at radius 1 is 1.20 bits per heavy atom. The minimum absolute atomic E-state index is 0.0211. The number of furan rings is 1. The van der Waals surface area contributed by atoms with Gasteiger partial charge in [0.15, 0.2) is 11.5 Å². The van der Waals surface area contributed by atoms with Crippen molar-refractivity contribution in [1.82, 2.24) is 0 Å². The molecule has 0 spiro atoms. The maximum absolute atomic E-state index is 13.2. The molecule has 0 unspecified atom stereocenters. The number of benzene rings is 1. The van der Waals surface area contributed by atoms with Gasteiger partial charge in [0.1, 0.15) is 17.1 Å². The van der Waals surface area contributed by atoms with E-state index in [9.17, 15) is 18.8 Å². The molecule has 100 valence electrons. The number of carboxylic acid groups (broad SMARTS) is 1. The number of aryl methyl sites for hydroxylation is 1. The van der Waals surface area contributed by atoms with Gasteiger partial charge in [0.2, 0.25) is 5.78 Å². The lowest BCUT2D eigenvalue weighted by Gasteiger charge is -2.13. The van der Waals surface area contributed by atoms with Crippen LogP contribution in [0, 0.1) is 12.7 Å². The predicted molar refractivity (Wildman–Crippen MR) is 63.7 cm³/mol. The second-order valence-electron chi connectivity index (χ2n) is 4.39. The summed E-state index contributed by atoms with van der Waals surface area (Å²) in [6.07, 6.45) is 0. The molecule has 0 atom stereocenters. The van der Waals surface area contributed by atoms with Gasteiger partial charge < -0.3 is 9.52 Å². The van der Waals surface area contributed by atoms with Crippen LogP contribution in [0.2, 0.25) is 0 Å². The fraction of sp³-hybridized carbons (Fsp3) is 0.0714. The van der Waals surface area contributed by atoms with Crippen LogP contribution in [-0.4, -0.2) is 22.6 Å². The van der Waals surface area contributed by atoms with Gasteiger partial charge in [0.25, 0.3) is 0 Å². The van der Waals surface area contributed by atoms with Crippen LogP contribution in [0.4, 0.5) is 4.39 Å². The summed E-state index contributed by atoms with van der Waals surface area (Å²) >= 11 is 0. The molecule has 1 N–H and O–H groups in total. The summed E-state index contributed by atoms with van der Waals surface area (Å²) in [5.41, 5.74) is -0.729. The standard InChI is InChI=1S/C14H7FO5/c1-5-9(14(18)19)10-11(16)7-3-2-6(15)4-8(7)12(17)13(10)20-5/h2-4H,1H3,(H,18,19).